The van der Waals surface area contributed by atoms with E-state index in [4.69, 9.17) is 0 Å². The number of piperidine rings is 2. The summed E-state index contributed by atoms with van der Waals surface area (Å²) < 4.78 is 12.4. The fourth-order valence-corrected chi connectivity index (χ4v) is 6.44. The van der Waals surface area contributed by atoms with Gasteiger partial charge in [-0.1, -0.05) is 30.3 Å². The van der Waals surface area contributed by atoms with E-state index in [1.807, 2.05) is 31.5 Å². The Morgan fingerprint density at radius 2 is 1.77 bits per heavy atom. The maximum Gasteiger partial charge on any atom is 0.255 e. The van der Waals surface area contributed by atoms with Crippen molar-refractivity contribution in [1.29, 1.82) is 0 Å². The SMILES string of the molecule is CP(C)(=O)c1cccc(CN2CCC(c3ccc4c(c3)CN(C3CCC(=O)NC3=O)C4=O)CC2)c1. The first-order valence-corrected chi connectivity index (χ1v) is 14.9. The van der Waals surface area contributed by atoms with E-state index in [1.165, 1.54) is 11.1 Å². The van der Waals surface area contributed by atoms with Gasteiger partial charge in [-0.2, -0.15) is 0 Å². The first kappa shape index (κ1) is 24.0. The zero-order valence-electron chi connectivity index (χ0n) is 20.3. The fraction of sp³-hybridized carbons (Fsp3) is 0.444. The molecule has 35 heavy (non-hydrogen) atoms. The third kappa shape index (κ3) is 4.98. The average molecular weight is 494 g/mol. The summed E-state index contributed by atoms with van der Waals surface area (Å²) in [6, 6.07) is 13.7. The lowest BCUT2D eigenvalue weighted by Crippen LogP contribution is -2.52. The van der Waals surface area contributed by atoms with Crippen molar-refractivity contribution in [2.75, 3.05) is 26.4 Å². The Labute approximate surface area is 206 Å². The molecule has 2 aromatic carbocycles. The molecule has 8 heteroatoms. The summed E-state index contributed by atoms with van der Waals surface area (Å²) in [7, 11) is -2.26. The molecule has 0 radical (unpaired) electrons. The van der Waals surface area contributed by atoms with Crippen LogP contribution >= 0.6 is 7.14 Å². The van der Waals surface area contributed by atoms with Crippen LogP contribution in [0.4, 0.5) is 0 Å². The van der Waals surface area contributed by atoms with E-state index >= 15 is 0 Å². The van der Waals surface area contributed by atoms with Gasteiger partial charge in [0.1, 0.15) is 13.2 Å². The summed E-state index contributed by atoms with van der Waals surface area (Å²) in [6.07, 6.45) is 2.74. The summed E-state index contributed by atoms with van der Waals surface area (Å²) in [4.78, 5) is 40.8. The van der Waals surface area contributed by atoms with E-state index in [1.54, 1.807) is 4.90 Å². The molecule has 3 heterocycles. The molecule has 0 bridgehead atoms. The largest absolute Gasteiger partial charge is 0.322 e. The van der Waals surface area contributed by atoms with Crippen molar-refractivity contribution < 1.29 is 18.9 Å². The standard InChI is InChI=1S/C27H32N3O4P/c1-35(2,34)22-5-3-4-18(14-22)16-29-12-10-19(11-13-29)20-6-7-23-21(15-20)17-30(27(23)33)24-8-9-25(31)28-26(24)32/h3-7,14-15,19,24H,8-13,16-17H2,1-2H3,(H,28,31,32). The van der Waals surface area contributed by atoms with Crippen LogP contribution < -0.4 is 10.6 Å². The van der Waals surface area contributed by atoms with Gasteiger partial charge in [0.05, 0.1) is 0 Å². The second-order valence-corrected chi connectivity index (χ2v) is 13.6. The molecule has 1 N–H and O–H groups in total. The first-order chi connectivity index (χ1) is 16.7. The molecule has 2 fully saturated rings. The minimum absolute atomic E-state index is 0.123. The number of benzene rings is 2. The van der Waals surface area contributed by atoms with Crippen molar-refractivity contribution >= 4 is 30.2 Å². The summed E-state index contributed by atoms with van der Waals surface area (Å²) in [5, 5.41) is 3.29. The molecule has 0 aliphatic carbocycles. The van der Waals surface area contributed by atoms with E-state index in [2.05, 4.69) is 34.5 Å². The van der Waals surface area contributed by atoms with Gasteiger partial charge in [0.15, 0.2) is 0 Å². The molecule has 3 aliphatic rings. The molecule has 2 aromatic rings. The maximum absolute atomic E-state index is 12.9. The lowest BCUT2D eigenvalue weighted by Gasteiger charge is -2.32. The van der Waals surface area contributed by atoms with Crippen molar-refractivity contribution in [2.45, 2.75) is 50.7 Å². The number of imide groups is 1. The van der Waals surface area contributed by atoms with Crippen LogP contribution in [0.2, 0.25) is 0 Å². The Balaban J connectivity index is 1.21. The van der Waals surface area contributed by atoms with E-state index in [-0.39, 0.29) is 24.1 Å². The molecule has 0 saturated carbocycles. The van der Waals surface area contributed by atoms with Crippen LogP contribution in [0.15, 0.2) is 42.5 Å². The van der Waals surface area contributed by atoms with Crippen molar-refractivity contribution in [3.05, 3.63) is 64.7 Å². The number of amides is 3. The van der Waals surface area contributed by atoms with Crippen LogP contribution in [0, 0.1) is 0 Å². The monoisotopic (exact) mass is 493 g/mol. The molecule has 3 aliphatic heterocycles. The van der Waals surface area contributed by atoms with Gasteiger partial charge in [-0.15, -0.1) is 0 Å². The number of likely N-dealkylation sites (tertiary alicyclic amines) is 1. The Kier molecular flexibility index (Phi) is 6.41. The van der Waals surface area contributed by atoms with Crippen LogP contribution in [0.1, 0.15) is 58.6 Å². The molecular formula is C27H32N3O4P. The third-order valence-electron chi connectivity index (χ3n) is 7.55. The minimum Gasteiger partial charge on any atom is -0.322 e. The minimum atomic E-state index is -2.26. The zero-order valence-corrected chi connectivity index (χ0v) is 21.2. The van der Waals surface area contributed by atoms with E-state index < -0.39 is 13.2 Å². The van der Waals surface area contributed by atoms with Gasteiger partial charge in [0.2, 0.25) is 11.8 Å². The Morgan fingerprint density at radius 3 is 2.49 bits per heavy atom. The van der Waals surface area contributed by atoms with Crippen molar-refractivity contribution in [1.82, 2.24) is 15.1 Å². The quantitative estimate of drug-likeness (QED) is 0.511. The van der Waals surface area contributed by atoms with Crippen LogP contribution in [-0.2, 0) is 27.2 Å². The van der Waals surface area contributed by atoms with Gasteiger partial charge < -0.3 is 9.46 Å². The third-order valence-corrected chi connectivity index (χ3v) is 9.07. The average Bonchev–Trinajstić information content (AvgIpc) is 3.15. The summed E-state index contributed by atoms with van der Waals surface area (Å²) in [5.41, 5.74) is 4.09. The summed E-state index contributed by atoms with van der Waals surface area (Å²) in [6.45, 7) is 6.88. The molecule has 0 aromatic heterocycles. The number of carbonyl (C=O) groups is 3. The molecular weight excluding hydrogens is 461 g/mol. The highest BCUT2D eigenvalue weighted by Crippen LogP contribution is 2.36. The van der Waals surface area contributed by atoms with Gasteiger partial charge >= 0.3 is 0 Å². The van der Waals surface area contributed by atoms with Crippen molar-refractivity contribution in [2.24, 2.45) is 0 Å². The molecule has 184 valence electrons. The van der Waals surface area contributed by atoms with Gasteiger partial charge in [0.25, 0.3) is 5.91 Å². The second-order valence-electron chi connectivity index (χ2n) is 10.4. The normalized spacial score (nSPS) is 21.8. The van der Waals surface area contributed by atoms with Gasteiger partial charge in [0, 0.05) is 30.4 Å². The van der Waals surface area contributed by atoms with Crippen molar-refractivity contribution in [3.8, 4) is 0 Å². The van der Waals surface area contributed by atoms with E-state index in [9.17, 15) is 18.9 Å². The fourth-order valence-electron chi connectivity index (χ4n) is 5.52. The van der Waals surface area contributed by atoms with Crippen LogP contribution in [0.25, 0.3) is 0 Å². The zero-order chi connectivity index (χ0) is 24.7. The predicted molar refractivity (Wildman–Crippen MR) is 135 cm³/mol. The van der Waals surface area contributed by atoms with Crippen LogP contribution in [-0.4, -0.2) is 60.0 Å². The van der Waals surface area contributed by atoms with Gasteiger partial charge in [-0.05, 0) is 80.4 Å². The number of nitrogens with one attached hydrogen (secondary N) is 1. The molecule has 1 unspecified atom stereocenters. The molecule has 0 spiro atoms. The summed E-state index contributed by atoms with van der Waals surface area (Å²) in [5.74, 6) is -0.329. The topological polar surface area (TPSA) is 86.8 Å². The predicted octanol–water partition coefficient (Wildman–Crippen LogP) is 3.08. The molecule has 1 atom stereocenters. The Morgan fingerprint density at radius 1 is 1.00 bits per heavy atom. The van der Waals surface area contributed by atoms with E-state index in [0.717, 1.165) is 43.3 Å². The Hall–Kier alpha value is -2.76. The maximum atomic E-state index is 12.9. The second kappa shape index (κ2) is 9.36. The molecule has 3 amide bonds. The number of fused-ring (bicyclic) bond motifs is 1. The molecule has 7 nitrogen and oxygen atoms in total. The lowest BCUT2D eigenvalue weighted by atomic mass is 9.87. The number of hydrogen-bond acceptors (Lipinski definition) is 5. The van der Waals surface area contributed by atoms with Gasteiger partial charge in [-0.25, -0.2) is 0 Å². The lowest BCUT2D eigenvalue weighted by molar-refractivity contribution is -0.136. The Bertz CT molecular complexity index is 1230. The van der Waals surface area contributed by atoms with Gasteiger partial charge in [-0.3, -0.25) is 24.6 Å². The number of carbonyl (C=O) groups excluding carboxylic acids is 3. The van der Waals surface area contributed by atoms with Crippen LogP contribution in [0.5, 0.6) is 0 Å². The van der Waals surface area contributed by atoms with Crippen molar-refractivity contribution in [3.63, 3.8) is 0 Å². The molecule has 2 saturated heterocycles. The molecule has 5 rings (SSSR count). The van der Waals surface area contributed by atoms with Crippen LogP contribution in [0.3, 0.4) is 0 Å². The highest BCUT2D eigenvalue weighted by atomic mass is 31.2. The number of hydrogen-bond donors (Lipinski definition) is 1. The highest BCUT2D eigenvalue weighted by molar-refractivity contribution is 7.70. The smallest absolute Gasteiger partial charge is 0.255 e. The first-order valence-electron chi connectivity index (χ1n) is 12.3. The van der Waals surface area contributed by atoms with E-state index in [0.29, 0.717) is 24.4 Å². The highest BCUT2D eigenvalue weighted by Gasteiger charge is 2.39. The number of nitrogens with zero attached hydrogens (tertiary/aromatic N) is 2. The summed E-state index contributed by atoms with van der Waals surface area (Å²) >= 11 is 0. The number of rotatable bonds is 5.